The Morgan fingerprint density at radius 2 is 1.96 bits per heavy atom. The van der Waals surface area contributed by atoms with Crippen LogP contribution in [0, 0.1) is 34.5 Å². The van der Waals surface area contributed by atoms with Crippen LogP contribution in [0.4, 0.5) is 0 Å². The molecule has 1 aromatic rings. The van der Waals surface area contributed by atoms with E-state index in [2.05, 4.69) is 55.6 Å². The molecule has 0 saturated heterocycles. The fraction of sp³-hybridized carbons (Fsp3) is 0.720. The standard InChI is InChI=1S/C25H36N2/c1-24-12-10-19(26-3)15-18(24)6-7-20-22-9-8-21(17-5-4-14-27-16-17)25(22,2)13-11-23(20)24/h4-5,8,14,16,18-20,22-23,26H,6-7,9-13,15H2,1-3H3/t18-,19?,20-,22-,23-,24-,25+/m0/s1. The smallest absolute Gasteiger partial charge is 0.0343 e. The number of hydrogen-bond donors (Lipinski definition) is 1. The molecule has 0 radical (unpaired) electrons. The van der Waals surface area contributed by atoms with Crippen LogP contribution in [0.25, 0.3) is 5.57 Å². The molecule has 3 saturated carbocycles. The Labute approximate surface area is 165 Å². The summed E-state index contributed by atoms with van der Waals surface area (Å²) in [6.07, 6.45) is 17.8. The molecule has 0 bridgehead atoms. The van der Waals surface area contributed by atoms with Crippen molar-refractivity contribution in [2.75, 3.05) is 7.05 Å². The highest BCUT2D eigenvalue weighted by atomic mass is 14.9. The summed E-state index contributed by atoms with van der Waals surface area (Å²) in [5.74, 6) is 3.68. The van der Waals surface area contributed by atoms with Crippen molar-refractivity contribution in [2.24, 2.45) is 34.5 Å². The number of aromatic nitrogens is 1. The van der Waals surface area contributed by atoms with E-state index in [0.717, 1.165) is 29.7 Å². The van der Waals surface area contributed by atoms with Crippen LogP contribution in [0.15, 0.2) is 30.6 Å². The highest BCUT2D eigenvalue weighted by molar-refractivity contribution is 5.72. The first-order valence-corrected chi connectivity index (χ1v) is 11.3. The normalized spacial score (nSPS) is 46.2. The maximum atomic E-state index is 4.41. The van der Waals surface area contributed by atoms with E-state index in [1.807, 2.05) is 6.20 Å². The van der Waals surface area contributed by atoms with Crippen molar-refractivity contribution in [3.8, 4) is 0 Å². The minimum absolute atomic E-state index is 0.371. The number of hydrogen-bond acceptors (Lipinski definition) is 2. The second kappa shape index (κ2) is 6.44. The largest absolute Gasteiger partial charge is 0.317 e. The van der Waals surface area contributed by atoms with Gasteiger partial charge in [-0.25, -0.2) is 0 Å². The van der Waals surface area contributed by atoms with Crippen molar-refractivity contribution in [3.63, 3.8) is 0 Å². The van der Waals surface area contributed by atoms with Gasteiger partial charge in [0.2, 0.25) is 0 Å². The van der Waals surface area contributed by atoms with Crippen LogP contribution < -0.4 is 5.32 Å². The molecule has 0 aliphatic heterocycles. The summed E-state index contributed by atoms with van der Waals surface area (Å²) in [5, 5.41) is 3.58. The number of nitrogens with one attached hydrogen (secondary N) is 1. The van der Waals surface area contributed by atoms with Gasteiger partial charge >= 0.3 is 0 Å². The lowest BCUT2D eigenvalue weighted by Gasteiger charge is -2.61. The Balaban J connectivity index is 1.42. The molecule has 2 heteroatoms. The lowest BCUT2D eigenvalue weighted by Crippen LogP contribution is -2.54. The molecule has 4 aliphatic rings. The first kappa shape index (κ1) is 17.9. The van der Waals surface area contributed by atoms with Gasteiger partial charge in [-0.05, 0) is 110 Å². The van der Waals surface area contributed by atoms with Gasteiger partial charge in [0.1, 0.15) is 0 Å². The van der Waals surface area contributed by atoms with Gasteiger partial charge in [-0.3, -0.25) is 4.98 Å². The van der Waals surface area contributed by atoms with E-state index in [0.29, 0.717) is 10.8 Å². The highest BCUT2D eigenvalue weighted by Gasteiger charge is 2.58. The summed E-state index contributed by atoms with van der Waals surface area (Å²) >= 11 is 0. The van der Waals surface area contributed by atoms with Crippen molar-refractivity contribution in [1.29, 1.82) is 0 Å². The SMILES string of the molecule is CNC1CC[C@@]2(C)[C@@H](CC[C@@H]3[C@@H]2CC[C@]2(C)C(c4cccnc4)=CC[C@@H]32)C1. The molecule has 0 aromatic carbocycles. The molecule has 1 heterocycles. The Morgan fingerprint density at radius 3 is 2.74 bits per heavy atom. The fourth-order valence-corrected chi connectivity index (χ4v) is 8.06. The van der Waals surface area contributed by atoms with E-state index in [1.165, 1.54) is 56.9 Å². The van der Waals surface area contributed by atoms with Crippen molar-refractivity contribution in [2.45, 2.75) is 71.3 Å². The highest BCUT2D eigenvalue weighted by Crippen LogP contribution is 2.67. The molecule has 146 valence electrons. The number of fused-ring (bicyclic) bond motifs is 5. The molecular weight excluding hydrogens is 328 g/mol. The molecule has 27 heavy (non-hydrogen) atoms. The summed E-state index contributed by atoms with van der Waals surface area (Å²) in [6, 6.07) is 5.14. The molecule has 4 aliphatic carbocycles. The molecular formula is C25H36N2. The van der Waals surface area contributed by atoms with Gasteiger partial charge in [-0.1, -0.05) is 26.0 Å². The van der Waals surface area contributed by atoms with Crippen LogP contribution >= 0.6 is 0 Å². The number of allylic oxidation sites excluding steroid dienone is 2. The zero-order valence-electron chi connectivity index (χ0n) is 17.4. The second-order valence-electron chi connectivity index (χ2n) is 10.5. The molecule has 1 unspecified atom stereocenters. The number of rotatable bonds is 2. The average Bonchev–Trinajstić information content (AvgIpc) is 3.05. The zero-order chi connectivity index (χ0) is 18.6. The van der Waals surface area contributed by atoms with Gasteiger partial charge in [0.25, 0.3) is 0 Å². The molecule has 1 aromatic heterocycles. The van der Waals surface area contributed by atoms with Crippen molar-refractivity contribution < 1.29 is 0 Å². The van der Waals surface area contributed by atoms with Crippen molar-refractivity contribution >= 4 is 5.57 Å². The Bertz CT molecular complexity index is 725. The quantitative estimate of drug-likeness (QED) is 0.727. The van der Waals surface area contributed by atoms with Gasteiger partial charge in [0, 0.05) is 18.4 Å². The minimum atomic E-state index is 0.371. The minimum Gasteiger partial charge on any atom is -0.317 e. The maximum absolute atomic E-state index is 4.41. The van der Waals surface area contributed by atoms with E-state index < -0.39 is 0 Å². The van der Waals surface area contributed by atoms with Crippen molar-refractivity contribution in [3.05, 3.63) is 36.2 Å². The van der Waals surface area contributed by atoms with Crippen LogP contribution in [-0.2, 0) is 0 Å². The summed E-state index contributed by atoms with van der Waals surface area (Å²) < 4.78 is 0. The van der Waals surface area contributed by atoms with Crippen LogP contribution in [0.2, 0.25) is 0 Å². The molecule has 0 amide bonds. The summed E-state index contributed by atoms with van der Waals surface area (Å²) in [6.45, 7) is 5.25. The summed E-state index contributed by atoms with van der Waals surface area (Å²) in [7, 11) is 2.16. The van der Waals surface area contributed by atoms with Gasteiger partial charge in [-0.15, -0.1) is 0 Å². The molecule has 2 nitrogen and oxygen atoms in total. The zero-order valence-corrected chi connectivity index (χ0v) is 17.4. The van der Waals surface area contributed by atoms with Gasteiger partial charge in [0.05, 0.1) is 0 Å². The van der Waals surface area contributed by atoms with E-state index in [9.17, 15) is 0 Å². The first-order chi connectivity index (χ1) is 13.1. The Kier molecular flexibility index (Phi) is 4.27. The van der Waals surface area contributed by atoms with Crippen LogP contribution in [0.1, 0.15) is 70.8 Å². The Morgan fingerprint density at radius 1 is 1.07 bits per heavy atom. The lowest BCUT2D eigenvalue weighted by molar-refractivity contribution is -0.0996. The molecule has 1 N–H and O–H groups in total. The molecule has 7 atom stereocenters. The maximum Gasteiger partial charge on any atom is 0.0343 e. The average molecular weight is 365 g/mol. The topological polar surface area (TPSA) is 24.9 Å². The van der Waals surface area contributed by atoms with Gasteiger partial charge in [-0.2, -0.15) is 0 Å². The molecule has 5 rings (SSSR count). The lowest BCUT2D eigenvalue weighted by atomic mass is 9.44. The van der Waals surface area contributed by atoms with E-state index in [-0.39, 0.29) is 0 Å². The van der Waals surface area contributed by atoms with Crippen LogP contribution in [0.5, 0.6) is 0 Å². The summed E-state index contributed by atoms with van der Waals surface area (Å²) in [4.78, 5) is 4.41. The third kappa shape index (κ3) is 2.58. The van der Waals surface area contributed by atoms with Crippen LogP contribution in [0.3, 0.4) is 0 Å². The predicted molar refractivity (Wildman–Crippen MR) is 112 cm³/mol. The monoisotopic (exact) mass is 364 g/mol. The fourth-order valence-electron chi connectivity index (χ4n) is 8.06. The third-order valence-corrected chi connectivity index (χ3v) is 9.63. The molecule has 3 fully saturated rings. The predicted octanol–water partition coefficient (Wildman–Crippen LogP) is 5.71. The second-order valence-corrected chi connectivity index (χ2v) is 10.5. The third-order valence-electron chi connectivity index (χ3n) is 9.63. The summed E-state index contributed by atoms with van der Waals surface area (Å²) in [5.41, 5.74) is 3.94. The van der Waals surface area contributed by atoms with Gasteiger partial charge < -0.3 is 5.32 Å². The van der Waals surface area contributed by atoms with Crippen molar-refractivity contribution in [1.82, 2.24) is 10.3 Å². The van der Waals surface area contributed by atoms with Gasteiger partial charge in [0.15, 0.2) is 0 Å². The van der Waals surface area contributed by atoms with E-state index in [1.54, 1.807) is 5.57 Å². The first-order valence-electron chi connectivity index (χ1n) is 11.3. The molecule has 0 spiro atoms. The van der Waals surface area contributed by atoms with Crippen LogP contribution in [-0.4, -0.2) is 18.1 Å². The van der Waals surface area contributed by atoms with E-state index >= 15 is 0 Å². The van der Waals surface area contributed by atoms with E-state index in [4.69, 9.17) is 0 Å². The number of pyridine rings is 1. The Hall–Kier alpha value is -1.15. The number of nitrogens with zero attached hydrogens (tertiary/aromatic N) is 1.